The highest BCUT2D eigenvalue weighted by atomic mass is 31.2. The third-order valence-electron chi connectivity index (χ3n) is 7.97. The van der Waals surface area contributed by atoms with Crippen molar-refractivity contribution in [2.75, 3.05) is 19.8 Å². The van der Waals surface area contributed by atoms with Gasteiger partial charge in [0.05, 0.1) is 13.2 Å². The van der Waals surface area contributed by atoms with Crippen molar-refractivity contribution in [1.29, 1.82) is 0 Å². The first-order chi connectivity index (χ1) is 23.6. The van der Waals surface area contributed by atoms with E-state index in [1.54, 1.807) is 0 Å². The molecule has 4 N–H and O–H groups in total. The van der Waals surface area contributed by atoms with Crippen molar-refractivity contribution >= 4 is 25.7 Å². The zero-order chi connectivity index (χ0) is 36.4. The highest BCUT2D eigenvalue weighted by Gasteiger charge is 2.28. The van der Waals surface area contributed by atoms with Crippen LogP contribution in [0.5, 0.6) is 0 Å². The molecular weight excluding hydrogens is 649 g/mol. The topological polar surface area (TPSA) is 169 Å². The maximum atomic E-state index is 12.2. The van der Waals surface area contributed by atoms with Crippen molar-refractivity contribution in [1.82, 2.24) is 5.32 Å². The summed E-state index contributed by atoms with van der Waals surface area (Å²) in [4.78, 5) is 45.6. The van der Waals surface area contributed by atoms with E-state index in [4.69, 9.17) is 13.8 Å². The van der Waals surface area contributed by atoms with Crippen LogP contribution in [-0.4, -0.2) is 64.9 Å². The van der Waals surface area contributed by atoms with E-state index < -0.39 is 57.6 Å². The molecule has 0 aromatic heterocycles. The van der Waals surface area contributed by atoms with Crippen LogP contribution in [0.2, 0.25) is 0 Å². The van der Waals surface area contributed by atoms with Gasteiger partial charge >= 0.3 is 19.8 Å². The Kier molecular flexibility index (Phi) is 31.7. The van der Waals surface area contributed by atoms with Crippen LogP contribution in [0.3, 0.4) is 0 Å². The number of nitrogens with one attached hydrogen (secondary N) is 1. The molecule has 1 amide bonds. The normalized spacial score (nSPS) is 14.2. The van der Waals surface area contributed by atoms with Crippen molar-refractivity contribution in [3.63, 3.8) is 0 Å². The van der Waals surface area contributed by atoms with Gasteiger partial charge in [0.25, 0.3) is 0 Å². The zero-order valence-corrected chi connectivity index (χ0v) is 31.4. The van der Waals surface area contributed by atoms with E-state index >= 15 is 0 Å². The van der Waals surface area contributed by atoms with Gasteiger partial charge in [0.15, 0.2) is 6.04 Å². The summed E-state index contributed by atoms with van der Waals surface area (Å²) in [5, 5.41) is 21.7. The molecule has 0 rings (SSSR count). The number of rotatable bonds is 35. The van der Waals surface area contributed by atoms with Crippen molar-refractivity contribution in [2.24, 2.45) is 0 Å². The van der Waals surface area contributed by atoms with E-state index in [-0.39, 0.29) is 12.8 Å². The number of aliphatic hydroxyl groups excluding tert-OH is 1. The highest BCUT2D eigenvalue weighted by molar-refractivity contribution is 7.47. The maximum absolute atomic E-state index is 12.2. The quantitative estimate of drug-likeness (QED) is 0.0215. The molecule has 0 saturated carbocycles. The number of allylic oxidation sites excluding steroid dienone is 4. The number of carboxylic acids is 1. The van der Waals surface area contributed by atoms with Gasteiger partial charge in [-0.2, -0.15) is 0 Å². The molecule has 3 unspecified atom stereocenters. The van der Waals surface area contributed by atoms with Crippen LogP contribution < -0.4 is 5.32 Å². The maximum Gasteiger partial charge on any atom is 0.472 e. The Labute approximate surface area is 296 Å². The van der Waals surface area contributed by atoms with Crippen LogP contribution >= 0.6 is 7.82 Å². The fourth-order valence-corrected chi connectivity index (χ4v) is 5.77. The third kappa shape index (κ3) is 32.9. The Morgan fingerprint density at radius 2 is 1.16 bits per heavy atom. The smallest absolute Gasteiger partial charge is 0.472 e. The van der Waals surface area contributed by atoms with Gasteiger partial charge in [-0.1, -0.05) is 134 Å². The SMILES string of the molecule is CCC/C=C\C/C=C\CCCCCCCC(=O)NC(COP(=O)(O)OCC(O)COC(=O)CCCCCCCCCCCCCC)C(=O)O. The molecule has 11 nitrogen and oxygen atoms in total. The van der Waals surface area contributed by atoms with Crippen LogP contribution in [0, 0.1) is 0 Å². The summed E-state index contributed by atoms with van der Waals surface area (Å²) in [5.74, 6) is -2.39. The molecule has 0 aromatic carbocycles. The fourth-order valence-electron chi connectivity index (χ4n) is 5.00. The van der Waals surface area contributed by atoms with Crippen molar-refractivity contribution in [2.45, 2.75) is 174 Å². The molecule has 0 heterocycles. The summed E-state index contributed by atoms with van der Waals surface area (Å²) in [6.07, 6.45) is 30.7. The lowest BCUT2D eigenvalue weighted by Gasteiger charge is -2.18. The molecule has 0 fully saturated rings. The van der Waals surface area contributed by atoms with Crippen LogP contribution in [-0.2, 0) is 32.7 Å². The lowest BCUT2D eigenvalue weighted by molar-refractivity contribution is -0.147. The lowest BCUT2D eigenvalue weighted by Crippen LogP contribution is -2.43. The second-order valence-corrected chi connectivity index (χ2v) is 14.2. The molecule has 286 valence electrons. The molecule has 0 radical (unpaired) electrons. The molecule has 0 saturated heterocycles. The van der Waals surface area contributed by atoms with Crippen LogP contribution in [0.25, 0.3) is 0 Å². The molecule has 0 aliphatic heterocycles. The lowest BCUT2D eigenvalue weighted by atomic mass is 10.0. The Bertz CT molecular complexity index is 942. The number of phosphoric acid groups is 1. The van der Waals surface area contributed by atoms with Crippen molar-refractivity contribution < 1.29 is 47.8 Å². The summed E-state index contributed by atoms with van der Waals surface area (Å²) >= 11 is 0. The number of phosphoric ester groups is 1. The summed E-state index contributed by atoms with van der Waals surface area (Å²) in [7, 11) is -4.75. The Morgan fingerprint density at radius 3 is 1.73 bits per heavy atom. The number of carbonyl (C=O) groups is 3. The van der Waals surface area contributed by atoms with E-state index in [2.05, 4.69) is 43.5 Å². The van der Waals surface area contributed by atoms with E-state index in [0.717, 1.165) is 70.6 Å². The van der Waals surface area contributed by atoms with Gasteiger partial charge in [-0.3, -0.25) is 18.6 Å². The number of aliphatic carboxylic acids is 1. The molecule has 0 spiro atoms. The van der Waals surface area contributed by atoms with Gasteiger partial charge in [-0.15, -0.1) is 0 Å². The number of hydrogen-bond acceptors (Lipinski definition) is 8. The van der Waals surface area contributed by atoms with Gasteiger partial charge in [-0.25, -0.2) is 9.36 Å². The number of aliphatic hydroxyl groups is 1. The van der Waals surface area contributed by atoms with Crippen molar-refractivity contribution in [3.05, 3.63) is 24.3 Å². The largest absolute Gasteiger partial charge is 0.480 e. The Morgan fingerprint density at radius 1 is 0.653 bits per heavy atom. The first-order valence-corrected chi connectivity index (χ1v) is 20.4. The van der Waals surface area contributed by atoms with Gasteiger partial charge in [0, 0.05) is 12.8 Å². The Balaban J connectivity index is 3.99. The molecular formula is C37H68NO10P. The molecule has 0 bridgehead atoms. The van der Waals surface area contributed by atoms with Crippen molar-refractivity contribution in [3.8, 4) is 0 Å². The second kappa shape index (κ2) is 33.1. The first kappa shape index (κ1) is 47.0. The number of amides is 1. The molecule has 3 atom stereocenters. The summed E-state index contributed by atoms with van der Waals surface area (Å²) in [5.41, 5.74) is 0. The fraction of sp³-hybridized carbons (Fsp3) is 0.811. The minimum absolute atomic E-state index is 0.130. The first-order valence-electron chi connectivity index (χ1n) is 18.9. The number of hydrogen-bond donors (Lipinski definition) is 4. The van der Waals surface area contributed by atoms with E-state index in [1.807, 2.05) is 0 Å². The second-order valence-electron chi connectivity index (χ2n) is 12.8. The van der Waals surface area contributed by atoms with Crippen LogP contribution in [0.4, 0.5) is 0 Å². The molecule has 0 aliphatic carbocycles. The zero-order valence-electron chi connectivity index (χ0n) is 30.5. The predicted molar refractivity (Wildman–Crippen MR) is 194 cm³/mol. The summed E-state index contributed by atoms with van der Waals surface area (Å²) < 4.78 is 26.7. The average Bonchev–Trinajstić information content (AvgIpc) is 3.07. The van der Waals surface area contributed by atoms with Gasteiger partial charge in [-0.05, 0) is 38.5 Å². The number of esters is 1. The van der Waals surface area contributed by atoms with E-state index in [0.29, 0.717) is 12.8 Å². The minimum Gasteiger partial charge on any atom is -0.480 e. The number of ether oxygens (including phenoxy) is 1. The van der Waals surface area contributed by atoms with E-state index in [9.17, 15) is 34.1 Å². The minimum atomic E-state index is -4.75. The molecule has 0 aliphatic rings. The highest BCUT2D eigenvalue weighted by Crippen LogP contribution is 2.43. The van der Waals surface area contributed by atoms with Gasteiger partial charge in [0.2, 0.25) is 5.91 Å². The third-order valence-corrected chi connectivity index (χ3v) is 8.93. The number of unbranched alkanes of at least 4 members (excludes halogenated alkanes) is 17. The van der Waals surface area contributed by atoms with Crippen LogP contribution in [0.1, 0.15) is 162 Å². The number of carbonyl (C=O) groups excluding carboxylic acids is 2. The summed E-state index contributed by atoms with van der Waals surface area (Å²) in [6, 6.07) is -1.55. The van der Waals surface area contributed by atoms with Crippen LogP contribution in [0.15, 0.2) is 24.3 Å². The monoisotopic (exact) mass is 717 g/mol. The van der Waals surface area contributed by atoms with Gasteiger partial charge in [0.1, 0.15) is 12.7 Å². The Hall–Kier alpha value is -2.04. The molecule has 49 heavy (non-hydrogen) atoms. The van der Waals surface area contributed by atoms with E-state index in [1.165, 1.54) is 51.4 Å². The molecule has 12 heteroatoms. The number of carboxylic acid groups (broad SMARTS) is 1. The summed E-state index contributed by atoms with van der Waals surface area (Å²) in [6.45, 7) is 2.49. The van der Waals surface area contributed by atoms with Gasteiger partial charge < -0.3 is 25.2 Å². The average molecular weight is 718 g/mol. The standard InChI is InChI=1S/C37H68NO10P/c1-3-5-7-9-11-13-15-17-18-20-22-24-26-28-35(40)38-34(37(42)43)32-48-49(44,45)47-31-33(39)30-46-36(41)29-27-25-23-21-19-16-14-12-10-8-6-4-2/h7,9,13,15,33-34,39H,3-6,8,10-12,14,16-32H2,1-2H3,(H,38,40)(H,42,43)(H,44,45)/b9-7-,15-13-. The molecule has 0 aromatic rings. The predicted octanol–water partition coefficient (Wildman–Crippen LogP) is 8.72.